The highest BCUT2D eigenvalue weighted by Crippen LogP contribution is 2.36. The van der Waals surface area contributed by atoms with Crippen LogP contribution in [0.25, 0.3) is 10.1 Å². The monoisotopic (exact) mass is 348 g/mol. The van der Waals surface area contributed by atoms with E-state index in [0.717, 1.165) is 11.3 Å². The number of nitrogens with zero attached hydrogens (tertiary/aromatic N) is 1. The molecule has 0 spiro atoms. The molecule has 24 heavy (non-hydrogen) atoms. The molecule has 1 aliphatic rings. The van der Waals surface area contributed by atoms with Crippen LogP contribution in [0.1, 0.15) is 19.4 Å². The van der Waals surface area contributed by atoms with Gasteiger partial charge in [0.15, 0.2) is 0 Å². The summed E-state index contributed by atoms with van der Waals surface area (Å²) in [6.45, 7) is 4.93. The SMILES string of the molecule is CC1(C)COB(c2ccc(F)c3sc(NC(=O)O)c(C#N)c23)OC1. The highest BCUT2D eigenvalue weighted by Gasteiger charge is 2.36. The van der Waals surface area contributed by atoms with E-state index in [1.807, 2.05) is 19.9 Å². The lowest BCUT2D eigenvalue weighted by Crippen LogP contribution is -2.47. The number of thiophene rings is 1. The quantitative estimate of drug-likeness (QED) is 0.815. The second-order valence-electron chi connectivity index (χ2n) is 6.31. The summed E-state index contributed by atoms with van der Waals surface area (Å²) in [6.07, 6.45) is -1.31. The van der Waals surface area contributed by atoms with Gasteiger partial charge in [0.05, 0.1) is 10.3 Å². The van der Waals surface area contributed by atoms with E-state index in [9.17, 15) is 14.4 Å². The normalized spacial score (nSPS) is 16.8. The molecule has 2 aromatic rings. The van der Waals surface area contributed by atoms with Crippen LogP contribution in [0.2, 0.25) is 0 Å². The van der Waals surface area contributed by atoms with Gasteiger partial charge in [-0.2, -0.15) is 5.26 Å². The number of hydrogen-bond donors (Lipinski definition) is 2. The first-order valence-corrected chi connectivity index (χ1v) is 8.02. The van der Waals surface area contributed by atoms with Crippen molar-refractivity contribution in [2.45, 2.75) is 13.8 Å². The molecule has 3 rings (SSSR count). The smallest absolute Gasteiger partial charge is 0.465 e. The Bertz CT molecular complexity index is 851. The number of anilines is 1. The first-order valence-electron chi connectivity index (χ1n) is 7.20. The van der Waals surface area contributed by atoms with Gasteiger partial charge in [-0.05, 0) is 11.5 Å². The van der Waals surface area contributed by atoms with Crippen LogP contribution in [0.4, 0.5) is 14.2 Å². The molecule has 1 amide bonds. The molecule has 1 saturated heterocycles. The standard InChI is InChI=1S/C15H14BFN2O4S/c1-15(2)6-22-16(23-7-15)9-3-4-10(17)12-11(9)8(5-18)13(24-12)19-14(20)21/h3-4,19H,6-7H2,1-2H3,(H,20,21). The molecule has 124 valence electrons. The minimum Gasteiger partial charge on any atom is -0.465 e. The molecule has 0 aliphatic carbocycles. The second kappa shape index (κ2) is 6.05. The van der Waals surface area contributed by atoms with Crippen LogP contribution in [0.3, 0.4) is 0 Å². The van der Waals surface area contributed by atoms with Crippen molar-refractivity contribution >= 4 is 45.1 Å². The Morgan fingerprint density at radius 3 is 2.71 bits per heavy atom. The topological polar surface area (TPSA) is 91.6 Å². The molecule has 2 heterocycles. The number of hydrogen-bond acceptors (Lipinski definition) is 5. The molecular formula is C15H14BFN2O4S. The number of benzene rings is 1. The molecule has 1 aliphatic heterocycles. The first-order chi connectivity index (χ1) is 11.3. The van der Waals surface area contributed by atoms with Gasteiger partial charge in [0.2, 0.25) is 0 Å². The number of nitrogens with one attached hydrogen (secondary N) is 1. The summed E-state index contributed by atoms with van der Waals surface area (Å²) in [5, 5.41) is 20.9. The predicted octanol–water partition coefficient (Wildman–Crippen LogP) is 2.77. The molecule has 2 N–H and O–H groups in total. The van der Waals surface area contributed by atoms with Gasteiger partial charge in [-0.15, -0.1) is 11.3 Å². The third kappa shape index (κ3) is 2.96. The lowest BCUT2D eigenvalue weighted by atomic mass is 9.73. The molecule has 9 heteroatoms. The summed E-state index contributed by atoms with van der Waals surface area (Å²) in [7, 11) is -0.722. The van der Waals surface area contributed by atoms with E-state index in [-0.39, 0.29) is 20.7 Å². The number of carbonyl (C=O) groups is 1. The predicted molar refractivity (Wildman–Crippen MR) is 89.2 cm³/mol. The van der Waals surface area contributed by atoms with E-state index in [1.165, 1.54) is 12.1 Å². The van der Waals surface area contributed by atoms with Crippen molar-refractivity contribution in [2.75, 3.05) is 18.5 Å². The molecule has 0 bridgehead atoms. The molecule has 0 atom stereocenters. The Kier molecular flexibility index (Phi) is 4.21. The minimum atomic E-state index is -1.31. The number of halogens is 1. The molecule has 0 unspecified atom stereocenters. The Morgan fingerprint density at radius 2 is 2.12 bits per heavy atom. The lowest BCUT2D eigenvalue weighted by molar-refractivity contribution is 0.0344. The fourth-order valence-electron chi connectivity index (χ4n) is 2.56. The van der Waals surface area contributed by atoms with Crippen LogP contribution in [-0.4, -0.2) is 31.5 Å². The highest BCUT2D eigenvalue weighted by molar-refractivity contribution is 7.23. The third-order valence-electron chi connectivity index (χ3n) is 3.66. The molecule has 0 saturated carbocycles. The Hall–Kier alpha value is -2.15. The van der Waals surface area contributed by atoms with Gasteiger partial charge < -0.3 is 14.4 Å². The van der Waals surface area contributed by atoms with Crippen molar-refractivity contribution in [1.82, 2.24) is 0 Å². The Labute approximate surface area is 141 Å². The number of nitriles is 1. The second-order valence-corrected chi connectivity index (χ2v) is 7.33. The van der Waals surface area contributed by atoms with E-state index in [1.54, 1.807) is 0 Å². The van der Waals surface area contributed by atoms with Crippen molar-refractivity contribution < 1.29 is 23.6 Å². The molecule has 1 aromatic heterocycles. The number of rotatable bonds is 2. The van der Waals surface area contributed by atoms with Crippen LogP contribution in [-0.2, 0) is 9.31 Å². The largest absolute Gasteiger partial charge is 0.494 e. The molecule has 0 radical (unpaired) electrons. The Balaban J connectivity index is 2.12. The average molecular weight is 348 g/mol. The number of amides is 1. The zero-order valence-corrected chi connectivity index (χ0v) is 13.9. The average Bonchev–Trinajstić information content (AvgIpc) is 2.86. The lowest BCUT2D eigenvalue weighted by Gasteiger charge is -2.33. The summed E-state index contributed by atoms with van der Waals surface area (Å²) < 4.78 is 25.8. The van der Waals surface area contributed by atoms with Gasteiger partial charge in [0, 0.05) is 24.0 Å². The van der Waals surface area contributed by atoms with Gasteiger partial charge in [0.25, 0.3) is 0 Å². The van der Waals surface area contributed by atoms with Crippen LogP contribution >= 0.6 is 11.3 Å². The van der Waals surface area contributed by atoms with E-state index in [2.05, 4.69) is 5.32 Å². The fourth-order valence-corrected chi connectivity index (χ4v) is 3.64. The van der Waals surface area contributed by atoms with Crippen molar-refractivity contribution in [2.24, 2.45) is 5.41 Å². The van der Waals surface area contributed by atoms with E-state index >= 15 is 0 Å². The zero-order chi connectivity index (χ0) is 17.5. The van der Waals surface area contributed by atoms with E-state index < -0.39 is 19.0 Å². The third-order valence-corrected chi connectivity index (χ3v) is 4.77. The van der Waals surface area contributed by atoms with Gasteiger partial charge in [-0.3, -0.25) is 5.32 Å². The summed E-state index contributed by atoms with van der Waals surface area (Å²) in [5.41, 5.74) is 0.468. The highest BCUT2D eigenvalue weighted by atomic mass is 32.1. The zero-order valence-electron chi connectivity index (χ0n) is 13.1. The van der Waals surface area contributed by atoms with E-state index in [0.29, 0.717) is 24.1 Å². The maximum atomic E-state index is 14.2. The number of carboxylic acid groups (broad SMARTS) is 1. The van der Waals surface area contributed by atoms with Gasteiger partial charge in [-0.25, -0.2) is 9.18 Å². The summed E-state index contributed by atoms with van der Waals surface area (Å²) in [6, 6.07) is 4.74. The summed E-state index contributed by atoms with van der Waals surface area (Å²) in [4.78, 5) is 10.9. The van der Waals surface area contributed by atoms with Gasteiger partial charge in [-0.1, -0.05) is 19.9 Å². The van der Waals surface area contributed by atoms with Crippen LogP contribution < -0.4 is 10.8 Å². The van der Waals surface area contributed by atoms with Crippen LogP contribution in [0, 0.1) is 22.6 Å². The minimum absolute atomic E-state index is 0.0731. The fraction of sp³-hybridized carbons (Fsp3) is 0.333. The van der Waals surface area contributed by atoms with Crippen LogP contribution in [0.15, 0.2) is 12.1 Å². The van der Waals surface area contributed by atoms with Crippen molar-refractivity contribution in [3.8, 4) is 6.07 Å². The van der Waals surface area contributed by atoms with Crippen molar-refractivity contribution in [1.29, 1.82) is 5.26 Å². The van der Waals surface area contributed by atoms with Gasteiger partial charge in [0.1, 0.15) is 16.9 Å². The number of fused-ring (bicyclic) bond motifs is 1. The van der Waals surface area contributed by atoms with Crippen LogP contribution in [0.5, 0.6) is 0 Å². The van der Waals surface area contributed by atoms with Gasteiger partial charge >= 0.3 is 13.2 Å². The molecule has 1 fully saturated rings. The Morgan fingerprint density at radius 1 is 1.46 bits per heavy atom. The van der Waals surface area contributed by atoms with Crippen molar-refractivity contribution in [3.05, 3.63) is 23.5 Å². The molecule has 1 aromatic carbocycles. The molecular weight excluding hydrogens is 334 g/mol. The summed E-state index contributed by atoms with van der Waals surface area (Å²) in [5.74, 6) is -0.523. The maximum absolute atomic E-state index is 14.2. The van der Waals surface area contributed by atoms with Crippen molar-refractivity contribution in [3.63, 3.8) is 0 Å². The molecule has 6 nitrogen and oxygen atoms in total. The summed E-state index contributed by atoms with van der Waals surface area (Å²) >= 11 is 0.881. The maximum Gasteiger partial charge on any atom is 0.494 e. The van der Waals surface area contributed by atoms with E-state index in [4.69, 9.17) is 14.4 Å². The first kappa shape index (κ1) is 16.7.